The van der Waals surface area contributed by atoms with E-state index in [1.54, 1.807) is 0 Å². The fraction of sp³-hybridized carbons (Fsp3) is 0.100. The predicted octanol–water partition coefficient (Wildman–Crippen LogP) is 12.9. The molecule has 0 N–H and O–H groups in total. The van der Waals surface area contributed by atoms with Gasteiger partial charge in [-0.25, -0.2) is 15.0 Å². The maximum atomic E-state index is 6.98. The molecule has 2 aliphatic carbocycles. The minimum absolute atomic E-state index is 0.115. The van der Waals surface area contributed by atoms with E-state index >= 15 is 0 Å². The van der Waals surface area contributed by atoms with Crippen LogP contribution >= 0.6 is 0 Å². The van der Waals surface area contributed by atoms with Crippen molar-refractivity contribution >= 4 is 21.9 Å². The zero-order valence-corrected chi connectivity index (χ0v) is 29.7. The van der Waals surface area contributed by atoms with E-state index in [1.165, 1.54) is 53.5 Å². The van der Waals surface area contributed by atoms with Crippen molar-refractivity contribution in [3.05, 3.63) is 175 Å². The number of benzene rings is 7. The van der Waals surface area contributed by atoms with Gasteiger partial charge in [0.1, 0.15) is 11.2 Å². The van der Waals surface area contributed by atoms with Gasteiger partial charge >= 0.3 is 0 Å². The fourth-order valence-corrected chi connectivity index (χ4v) is 9.18. The van der Waals surface area contributed by atoms with Crippen LogP contribution in [0.2, 0.25) is 0 Å². The Morgan fingerprint density at radius 3 is 1.50 bits per heavy atom. The summed E-state index contributed by atoms with van der Waals surface area (Å²) in [6, 6.07) is 57.9. The van der Waals surface area contributed by atoms with Gasteiger partial charge in [-0.1, -0.05) is 165 Å². The van der Waals surface area contributed by atoms with Crippen LogP contribution in [-0.4, -0.2) is 15.0 Å². The fourth-order valence-electron chi connectivity index (χ4n) is 9.18. The monoisotopic (exact) mass is 693 g/mol. The molecule has 0 aliphatic heterocycles. The molecular formula is C50H35N3O. The van der Waals surface area contributed by atoms with Gasteiger partial charge < -0.3 is 4.42 Å². The molecule has 0 amide bonds. The second-order valence-electron chi connectivity index (χ2n) is 14.7. The summed E-state index contributed by atoms with van der Waals surface area (Å²) in [7, 11) is 0. The SMILES string of the molecule is c1ccc(-c2nc(-c3ccccc3)nc(-c3cccc(-c4cccc5c4oc4c(-c6ccc7c(c6)C6(CCCC6)c6ccccc6-7)cccc45)c3)n2)cc1. The Hall–Kier alpha value is -6.65. The molecule has 2 aromatic heterocycles. The van der Waals surface area contributed by atoms with Crippen LogP contribution in [0.4, 0.5) is 0 Å². The number of hydrogen-bond acceptors (Lipinski definition) is 4. The van der Waals surface area contributed by atoms with Crippen molar-refractivity contribution in [1.29, 1.82) is 0 Å². The molecule has 1 saturated carbocycles. The largest absolute Gasteiger partial charge is 0.455 e. The van der Waals surface area contributed by atoms with Crippen molar-refractivity contribution in [1.82, 2.24) is 15.0 Å². The van der Waals surface area contributed by atoms with E-state index in [9.17, 15) is 0 Å². The quantitative estimate of drug-likeness (QED) is 0.180. The number of nitrogens with zero attached hydrogens (tertiary/aromatic N) is 3. The Labute approximate surface area is 313 Å². The lowest BCUT2D eigenvalue weighted by molar-refractivity contribution is 0.550. The average molecular weight is 694 g/mol. The molecule has 1 fully saturated rings. The topological polar surface area (TPSA) is 51.8 Å². The van der Waals surface area contributed by atoms with Crippen molar-refractivity contribution in [2.45, 2.75) is 31.1 Å². The number of fused-ring (bicyclic) bond motifs is 8. The van der Waals surface area contributed by atoms with E-state index in [0.29, 0.717) is 17.5 Å². The molecule has 7 aromatic carbocycles. The number of furan rings is 1. The number of hydrogen-bond donors (Lipinski definition) is 0. The lowest BCUT2D eigenvalue weighted by atomic mass is 9.76. The molecular weight excluding hydrogens is 659 g/mol. The van der Waals surface area contributed by atoms with Crippen molar-refractivity contribution in [3.8, 4) is 67.5 Å². The molecule has 256 valence electrons. The van der Waals surface area contributed by atoms with Crippen LogP contribution in [0.1, 0.15) is 36.8 Å². The Morgan fingerprint density at radius 1 is 0.370 bits per heavy atom. The lowest BCUT2D eigenvalue weighted by Crippen LogP contribution is -2.20. The summed E-state index contributed by atoms with van der Waals surface area (Å²) in [5, 5.41) is 2.23. The zero-order valence-electron chi connectivity index (χ0n) is 29.7. The molecule has 2 heterocycles. The van der Waals surface area contributed by atoms with E-state index in [4.69, 9.17) is 19.4 Å². The van der Waals surface area contributed by atoms with Gasteiger partial charge in [0.25, 0.3) is 0 Å². The van der Waals surface area contributed by atoms with E-state index in [1.807, 2.05) is 60.7 Å². The number of para-hydroxylation sites is 2. The first-order chi connectivity index (χ1) is 26.7. The Morgan fingerprint density at radius 2 is 0.852 bits per heavy atom. The van der Waals surface area contributed by atoms with Crippen LogP contribution in [0.5, 0.6) is 0 Å². The first-order valence-electron chi connectivity index (χ1n) is 18.9. The molecule has 4 heteroatoms. The molecule has 0 radical (unpaired) electrons. The van der Waals surface area contributed by atoms with Gasteiger partial charge in [0.2, 0.25) is 0 Å². The second-order valence-corrected chi connectivity index (χ2v) is 14.7. The van der Waals surface area contributed by atoms with Gasteiger partial charge in [-0.05, 0) is 58.4 Å². The summed E-state index contributed by atoms with van der Waals surface area (Å²) in [5.41, 5.74) is 14.9. The highest BCUT2D eigenvalue weighted by atomic mass is 16.3. The highest BCUT2D eigenvalue weighted by Gasteiger charge is 2.44. The summed E-state index contributed by atoms with van der Waals surface area (Å²) < 4.78 is 6.98. The standard InChI is InChI=1S/C50H35N3O/c1-3-14-32(15-4-1)47-51-48(33-16-5-2-6-17-33)53-49(52-47)36-19-11-18-34(30-36)37-21-12-23-41-42-24-13-22-38(46(42)54-45(37)41)35-26-27-40-39-20-7-8-25-43(39)50(44(40)31-35)28-9-10-29-50/h1-8,11-27,30-31H,9-10,28-29H2. The molecule has 11 rings (SSSR count). The third-order valence-corrected chi connectivity index (χ3v) is 11.7. The minimum atomic E-state index is 0.115. The van der Waals surface area contributed by atoms with Crippen LogP contribution in [0, 0.1) is 0 Å². The van der Waals surface area contributed by atoms with Crippen LogP contribution in [-0.2, 0) is 5.41 Å². The zero-order chi connectivity index (χ0) is 35.6. The van der Waals surface area contributed by atoms with Gasteiger partial charge in [0, 0.05) is 44.0 Å². The molecule has 54 heavy (non-hydrogen) atoms. The maximum absolute atomic E-state index is 6.98. The summed E-state index contributed by atoms with van der Waals surface area (Å²) in [6.45, 7) is 0. The predicted molar refractivity (Wildman–Crippen MR) is 219 cm³/mol. The van der Waals surface area contributed by atoms with Crippen molar-refractivity contribution in [3.63, 3.8) is 0 Å². The molecule has 0 saturated heterocycles. The summed E-state index contributed by atoms with van der Waals surface area (Å²) in [4.78, 5) is 14.9. The smallest absolute Gasteiger partial charge is 0.164 e. The van der Waals surface area contributed by atoms with E-state index in [0.717, 1.165) is 55.3 Å². The third kappa shape index (κ3) is 4.80. The molecule has 0 unspecified atom stereocenters. The number of rotatable bonds is 5. The third-order valence-electron chi connectivity index (χ3n) is 11.7. The van der Waals surface area contributed by atoms with Gasteiger partial charge in [0.05, 0.1) is 0 Å². The average Bonchev–Trinajstić information content (AvgIpc) is 3.97. The highest BCUT2D eigenvalue weighted by Crippen LogP contribution is 2.57. The first kappa shape index (κ1) is 30.9. The van der Waals surface area contributed by atoms with Crippen molar-refractivity contribution in [2.75, 3.05) is 0 Å². The van der Waals surface area contributed by atoms with Crippen LogP contribution < -0.4 is 0 Å². The maximum Gasteiger partial charge on any atom is 0.164 e. The minimum Gasteiger partial charge on any atom is -0.455 e. The lowest BCUT2D eigenvalue weighted by Gasteiger charge is -2.27. The second kappa shape index (κ2) is 12.2. The van der Waals surface area contributed by atoms with E-state index < -0.39 is 0 Å². The summed E-state index contributed by atoms with van der Waals surface area (Å²) in [5.74, 6) is 1.92. The Bertz CT molecular complexity index is 2830. The van der Waals surface area contributed by atoms with Gasteiger partial charge in [-0.2, -0.15) is 0 Å². The molecule has 4 nitrogen and oxygen atoms in total. The van der Waals surface area contributed by atoms with Crippen LogP contribution in [0.25, 0.3) is 89.5 Å². The molecule has 0 atom stereocenters. The first-order valence-corrected chi connectivity index (χ1v) is 18.9. The Balaban J connectivity index is 1.03. The molecule has 1 spiro atoms. The molecule has 0 bridgehead atoms. The van der Waals surface area contributed by atoms with Gasteiger partial charge in [-0.3, -0.25) is 0 Å². The van der Waals surface area contributed by atoms with Crippen LogP contribution in [0.15, 0.2) is 168 Å². The van der Waals surface area contributed by atoms with Gasteiger partial charge in [-0.15, -0.1) is 0 Å². The summed E-state index contributed by atoms with van der Waals surface area (Å²) >= 11 is 0. The molecule has 2 aliphatic rings. The Kier molecular flexibility index (Phi) is 6.99. The van der Waals surface area contributed by atoms with Crippen molar-refractivity contribution < 1.29 is 4.42 Å². The van der Waals surface area contributed by atoms with Crippen LogP contribution in [0.3, 0.4) is 0 Å². The van der Waals surface area contributed by atoms with Crippen molar-refractivity contribution in [2.24, 2.45) is 0 Å². The van der Waals surface area contributed by atoms with E-state index in [2.05, 4.69) is 103 Å². The summed E-state index contributed by atoms with van der Waals surface area (Å²) in [6.07, 6.45) is 4.97. The highest BCUT2D eigenvalue weighted by molar-refractivity contribution is 6.13. The van der Waals surface area contributed by atoms with E-state index in [-0.39, 0.29) is 5.41 Å². The number of aromatic nitrogens is 3. The normalized spacial score (nSPS) is 14.1. The van der Waals surface area contributed by atoms with Gasteiger partial charge in [0.15, 0.2) is 17.5 Å². The molecule has 9 aromatic rings.